The summed E-state index contributed by atoms with van der Waals surface area (Å²) in [5.41, 5.74) is -0.620. The van der Waals surface area contributed by atoms with Gasteiger partial charge in [0.15, 0.2) is 11.5 Å². The molecule has 24 heavy (non-hydrogen) atoms. The summed E-state index contributed by atoms with van der Waals surface area (Å²) in [5, 5.41) is 28.7. The first kappa shape index (κ1) is 18.7. The fraction of sp³-hybridized carbons (Fsp3) is 0.400. The van der Waals surface area contributed by atoms with Crippen molar-refractivity contribution in [1.82, 2.24) is 4.90 Å². The topological polar surface area (TPSA) is 129 Å². The maximum absolute atomic E-state index is 12.7. The van der Waals surface area contributed by atoms with E-state index in [1.165, 1.54) is 25.2 Å². The van der Waals surface area contributed by atoms with E-state index in [4.69, 9.17) is 20.0 Å². The second-order valence-electron chi connectivity index (χ2n) is 4.59. The number of nitriles is 2. The second kappa shape index (κ2) is 8.96. The number of ether oxygens (including phenoxy) is 2. The van der Waals surface area contributed by atoms with E-state index in [1.807, 2.05) is 12.1 Å². The Balaban J connectivity index is 3.34. The lowest BCUT2D eigenvalue weighted by molar-refractivity contribution is -0.385. The molecule has 0 spiro atoms. The molecule has 0 heterocycles. The van der Waals surface area contributed by atoms with E-state index < -0.39 is 16.5 Å². The Morgan fingerprint density at radius 3 is 2.08 bits per heavy atom. The highest BCUT2D eigenvalue weighted by molar-refractivity contribution is 5.99. The predicted octanol–water partition coefficient (Wildman–Crippen LogP) is 1.88. The Hall–Kier alpha value is -3.33. The maximum atomic E-state index is 12.7. The van der Waals surface area contributed by atoms with Gasteiger partial charge in [-0.3, -0.25) is 14.9 Å². The summed E-state index contributed by atoms with van der Waals surface area (Å²) in [6.07, 6.45) is 0.108. The zero-order chi connectivity index (χ0) is 18.1. The molecule has 1 aromatic carbocycles. The van der Waals surface area contributed by atoms with Crippen molar-refractivity contribution in [3.05, 3.63) is 27.8 Å². The van der Waals surface area contributed by atoms with Gasteiger partial charge in [-0.1, -0.05) is 0 Å². The van der Waals surface area contributed by atoms with Crippen molar-refractivity contribution < 1.29 is 19.2 Å². The molecule has 0 aliphatic carbocycles. The number of hydrogen-bond acceptors (Lipinski definition) is 7. The highest BCUT2D eigenvalue weighted by atomic mass is 16.6. The third kappa shape index (κ3) is 4.34. The van der Waals surface area contributed by atoms with E-state index in [0.29, 0.717) is 0 Å². The van der Waals surface area contributed by atoms with Crippen molar-refractivity contribution in [2.24, 2.45) is 0 Å². The number of nitro benzene ring substituents is 1. The lowest BCUT2D eigenvalue weighted by Gasteiger charge is -2.21. The molecule has 1 aromatic rings. The zero-order valence-corrected chi connectivity index (χ0v) is 13.3. The van der Waals surface area contributed by atoms with Crippen molar-refractivity contribution >= 4 is 11.6 Å². The molecule has 0 unspecified atom stereocenters. The van der Waals surface area contributed by atoms with Gasteiger partial charge in [0, 0.05) is 19.2 Å². The quantitative estimate of drug-likeness (QED) is 0.524. The Bertz CT molecular complexity index is 687. The SMILES string of the molecule is COc1cc(C(=O)N(CCC#N)CCC#N)c([N+](=O)[O-])cc1OC. The summed E-state index contributed by atoms with van der Waals surface area (Å²) in [6.45, 7) is 0.144. The molecule has 9 nitrogen and oxygen atoms in total. The minimum atomic E-state index is -0.693. The second-order valence-corrected chi connectivity index (χ2v) is 4.59. The van der Waals surface area contributed by atoms with Crippen LogP contribution in [0.1, 0.15) is 23.2 Å². The van der Waals surface area contributed by atoms with Crippen molar-refractivity contribution in [1.29, 1.82) is 10.5 Å². The first-order valence-electron chi connectivity index (χ1n) is 6.93. The Morgan fingerprint density at radius 2 is 1.67 bits per heavy atom. The normalized spacial score (nSPS) is 9.50. The Morgan fingerprint density at radius 1 is 1.17 bits per heavy atom. The van der Waals surface area contributed by atoms with Gasteiger partial charge in [0.25, 0.3) is 11.6 Å². The van der Waals surface area contributed by atoms with Crippen LogP contribution in [0.25, 0.3) is 0 Å². The molecule has 0 saturated carbocycles. The summed E-state index contributed by atoms with van der Waals surface area (Å²) >= 11 is 0. The molecule has 1 amide bonds. The van der Waals surface area contributed by atoms with Crippen molar-refractivity contribution in [2.45, 2.75) is 12.8 Å². The largest absolute Gasteiger partial charge is 0.493 e. The smallest absolute Gasteiger partial charge is 0.286 e. The molecule has 0 aliphatic heterocycles. The van der Waals surface area contributed by atoms with E-state index in [2.05, 4.69) is 0 Å². The number of nitro groups is 1. The first-order chi connectivity index (χ1) is 11.5. The molecule has 0 fully saturated rings. The molecule has 0 radical (unpaired) electrons. The van der Waals surface area contributed by atoms with E-state index in [9.17, 15) is 14.9 Å². The van der Waals surface area contributed by atoms with E-state index in [-0.39, 0.29) is 43.0 Å². The van der Waals surface area contributed by atoms with Crippen LogP contribution in [0.3, 0.4) is 0 Å². The van der Waals surface area contributed by atoms with Gasteiger partial charge in [-0.05, 0) is 0 Å². The molecule has 0 aromatic heterocycles. The molecule has 9 heteroatoms. The predicted molar refractivity (Wildman–Crippen MR) is 82.6 cm³/mol. The molecule has 1 rings (SSSR count). The zero-order valence-electron chi connectivity index (χ0n) is 13.3. The Kier molecular flexibility index (Phi) is 6.98. The van der Waals surface area contributed by atoms with E-state index in [1.54, 1.807) is 0 Å². The van der Waals surface area contributed by atoms with Gasteiger partial charge < -0.3 is 14.4 Å². The van der Waals surface area contributed by atoms with Crippen LogP contribution in [-0.2, 0) is 0 Å². The fourth-order valence-corrected chi connectivity index (χ4v) is 2.05. The molecule has 126 valence electrons. The molecular formula is C15H16N4O5. The third-order valence-corrected chi connectivity index (χ3v) is 3.20. The molecule has 0 bridgehead atoms. The van der Waals surface area contributed by atoms with Crippen LogP contribution in [0.5, 0.6) is 11.5 Å². The van der Waals surface area contributed by atoms with Crippen molar-refractivity contribution in [3.63, 3.8) is 0 Å². The number of carbonyl (C=O) groups excluding carboxylic acids is 1. The van der Waals surface area contributed by atoms with Gasteiger partial charge in [-0.2, -0.15) is 10.5 Å². The molecule has 0 N–H and O–H groups in total. The number of carbonyl (C=O) groups is 1. The average Bonchev–Trinajstić information content (AvgIpc) is 2.59. The average molecular weight is 332 g/mol. The minimum Gasteiger partial charge on any atom is -0.493 e. The van der Waals surface area contributed by atoms with Gasteiger partial charge in [-0.25, -0.2) is 0 Å². The number of hydrogen-bond donors (Lipinski definition) is 0. The van der Waals surface area contributed by atoms with Crippen LogP contribution in [-0.4, -0.2) is 43.0 Å². The summed E-state index contributed by atoms with van der Waals surface area (Å²) in [7, 11) is 2.68. The monoisotopic (exact) mass is 332 g/mol. The minimum absolute atomic E-state index is 0.0538. The summed E-state index contributed by atoms with van der Waals surface area (Å²) in [6, 6.07) is 6.14. The number of nitrogens with zero attached hydrogens (tertiary/aromatic N) is 4. The van der Waals surface area contributed by atoms with E-state index >= 15 is 0 Å². The van der Waals surface area contributed by atoms with Crippen molar-refractivity contribution in [2.75, 3.05) is 27.3 Å². The van der Waals surface area contributed by atoms with Crippen LogP contribution in [0.2, 0.25) is 0 Å². The summed E-state index contributed by atoms with van der Waals surface area (Å²) in [4.78, 5) is 24.5. The summed E-state index contributed by atoms with van der Waals surface area (Å²) in [5.74, 6) is -0.346. The Labute approximate surface area is 138 Å². The van der Waals surface area contributed by atoms with Gasteiger partial charge in [0.05, 0.1) is 50.2 Å². The molecular weight excluding hydrogens is 316 g/mol. The van der Waals surface area contributed by atoms with Crippen LogP contribution in [0, 0.1) is 32.8 Å². The van der Waals surface area contributed by atoms with Gasteiger partial charge in [0.1, 0.15) is 5.56 Å². The fourth-order valence-electron chi connectivity index (χ4n) is 2.05. The van der Waals surface area contributed by atoms with Crippen LogP contribution in [0.15, 0.2) is 12.1 Å². The highest BCUT2D eigenvalue weighted by Gasteiger charge is 2.27. The van der Waals surface area contributed by atoms with Gasteiger partial charge >= 0.3 is 0 Å². The lowest BCUT2D eigenvalue weighted by Crippen LogP contribution is -2.33. The van der Waals surface area contributed by atoms with Crippen LogP contribution >= 0.6 is 0 Å². The standard InChI is InChI=1S/C15H16N4O5/c1-23-13-9-11(12(19(21)22)10-14(13)24-2)15(20)18(7-3-5-16)8-4-6-17/h9-10H,3-4,7-8H2,1-2H3. The molecule has 0 atom stereocenters. The van der Waals surface area contributed by atoms with Gasteiger partial charge in [0.2, 0.25) is 0 Å². The van der Waals surface area contributed by atoms with Crippen LogP contribution in [0.4, 0.5) is 5.69 Å². The number of amides is 1. The molecule has 0 aliphatic rings. The highest BCUT2D eigenvalue weighted by Crippen LogP contribution is 2.35. The van der Waals surface area contributed by atoms with Gasteiger partial charge in [-0.15, -0.1) is 0 Å². The number of methoxy groups -OCH3 is 2. The lowest BCUT2D eigenvalue weighted by atomic mass is 10.1. The molecule has 0 saturated heterocycles. The van der Waals surface area contributed by atoms with Crippen LogP contribution < -0.4 is 9.47 Å². The van der Waals surface area contributed by atoms with Crippen molar-refractivity contribution in [3.8, 4) is 23.6 Å². The first-order valence-corrected chi connectivity index (χ1v) is 6.93. The number of benzene rings is 1. The summed E-state index contributed by atoms with van der Waals surface area (Å²) < 4.78 is 10.1. The third-order valence-electron chi connectivity index (χ3n) is 3.20. The maximum Gasteiger partial charge on any atom is 0.286 e. The van der Waals surface area contributed by atoms with E-state index in [0.717, 1.165) is 6.07 Å². The number of rotatable bonds is 8.